The van der Waals surface area contributed by atoms with Gasteiger partial charge in [-0.05, 0) is 88.6 Å². The van der Waals surface area contributed by atoms with E-state index in [9.17, 15) is 27.5 Å². The topological polar surface area (TPSA) is 139 Å². The summed E-state index contributed by atoms with van der Waals surface area (Å²) in [7, 11) is -2.29. The zero-order valence-corrected chi connectivity index (χ0v) is 27.7. The van der Waals surface area contributed by atoms with Crippen molar-refractivity contribution in [1.29, 1.82) is 0 Å². The maximum absolute atomic E-state index is 13.8. The summed E-state index contributed by atoms with van der Waals surface area (Å²) in [6, 6.07) is 13.8. The number of rotatable bonds is 13. The molecule has 2 aromatic carbocycles. The van der Waals surface area contributed by atoms with E-state index in [0.29, 0.717) is 24.2 Å². The van der Waals surface area contributed by atoms with Crippen LogP contribution in [-0.2, 0) is 30.6 Å². The van der Waals surface area contributed by atoms with E-state index < -0.39 is 44.5 Å². The number of sulfone groups is 1. The number of methoxy groups -OCH3 is 1. The van der Waals surface area contributed by atoms with Crippen LogP contribution in [-0.4, -0.2) is 78.5 Å². The first kappa shape index (κ1) is 36.0. The van der Waals surface area contributed by atoms with Gasteiger partial charge >= 0.3 is 0 Å². The van der Waals surface area contributed by atoms with Gasteiger partial charge in [-0.15, -0.1) is 11.8 Å². The summed E-state index contributed by atoms with van der Waals surface area (Å²) in [4.78, 5) is 27.7. The van der Waals surface area contributed by atoms with Gasteiger partial charge in [-0.2, -0.15) is 0 Å². The molecule has 0 bridgehead atoms. The molecule has 1 aliphatic carbocycles. The molecular formula is C32H46FN3O6S2. The number of thioether (sulfide) groups is 1. The Labute approximate surface area is 265 Å². The number of halogens is 1. The minimum absolute atomic E-state index is 0.0767. The summed E-state index contributed by atoms with van der Waals surface area (Å²) in [5.74, 6) is 4.29. The monoisotopic (exact) mass is 651 g/mol. The number of hydrogen-bond acceptors (Lipinski definition) is 8. The van der Waals surface area contributed by atoms with Crippen LogP contribution >= 0.6 is 11.8 Å². The van der Waals surface area contributed by atoms with Crippen molar-refractivity contribution >= 4 is 33.4 Å². The fourth-order valence-corrected chi connectivity index (χ4v) is 8.15. The number of hydrogen-bond donors (Lipinski definition) is 3. The number of amides is 2. The van der Waals surface area contributed by atoms with Crippen LogP contribution in [0, 0.1) is 17.7 Å². The van der Waals surface area contributed by atoms with E-state index in [4.69, 9.17) is 10.6 Å². The lowest BCUT2D eigenvalue weighted by molar-refractivity contribution is -0.138. The highest BCUT2D eigenvalue weighted by atomic mass is 32.2. The Morgan fingerprint density at radius 2 is 1.77 bits per heavy atom. The fraction of sp³-hybridized carbons (Fsp3) is 0.562. The summed E-state index contributed by atoms with van der Waals surface area (Å²) < 4.78 is 44.6. The third-order valence-electron chi connectivity index (χ3n) is 8.00. The molecule has 1 aliphatic rings. The lowest BCUT2D eigenvalue weighted by Gasteiger charge is -2.39. The standard InChI is InChI=1S/C32H46FN3O6S2/c1-32(2,3)35-30(38)26-16-13-24(42-4)18-22(26)19-28(37)27(17-21-9-7-6-8-10-21)36(34)31(39)29(44(5,40)41)20-43-25-14-11-23(33)12-15-25/h6-12,14-15,22,24,26-29,37H,13,16-20,34H2,1-5H3,(H,35,38). The van der Waals surface area contributed by atoms with E-state index in [0.717, 1.165) is 28.6 Å². The Morgan fingerprint density at radius 1 is 1.14 bits per heavy atom. The first-order valence-electron chi connectivity index (χ1n) is 14.8. The van der Waals surface area contributed by atoms with E-state index in [1.165, 1.54) is 24.3 Å². The van der Waals surface area contributed by atoms with Crippen LogP contribution in [0.2, 0.25) is 0 Å². The van der Waals surface area contributed by atoms with Crippen LogP contribution in [0.25, 0.3) is 0 Å². The molecule has 6 atom stereocenters. The second-order valence-electron chi connectivity index (χ2n) is 12.7. The number of aliphatic hydroxyl groups is 1. The Morgan fingerprint density at radius 3 is 2.34 bits per heavy atom. The van der Waals surface area contributed by atoms with Crippen molar-refractivity contribution in [2.24, 2.45) is 17.7 Å². The Balaban J connectivity index is 1.88. The Hall–Kier alpha value is -2.51. The number of nitrogens with two attached hydrogens (primary N) is 1. The minimum Gasteiger partial charge on any atom is -0.391 e. The second kappa shape index (κ2) is 15.7. The van der Waals surface area contributed by atoms with Crippen molar-refractivity contribution in [3.63, 3.8) is 0 Å². The fourth-order valence-electron chi connectivity index (χ4n) is 5.66. The van der Waals surface area contributed by atoms with E-state index in [-0.39, 0.29) is 42.4 Å². The number of hydrazine groups is 1. The van der Waals surface area contributed by atoms with Gasteiger partial charge in [0.15, 0.2) is 15.1 Å². The van der Waals surface area contributed by atoms with Crippen LogP contribution in [0.4, 0.5) is 4.39 Å². The maximum Gasteiger partial charge on any atom is 0.256 e. The number of nitrogens with zero attached hydrogens (tertiary/aromatic N) is 1. The molecule has 1 saturated carbocycles. The number of aliphatic hydroxyl groups excluding tert-OH is 1. The van der Waals surface area contributed by atoms with Crippen molar-refractivity contribution in [3.05, 3.63) is 66.0 Å². The van der Waals surface area contributed by atoms with Crippen LogP contribution in [0.5, 0.6) is 0 Å². The molecule has 0 saturated heterocycles. The SMILES string of the molecule is COC1CCC(C(=O)NC(C)(C)C)C(CC(O)C(Cc2ccccc2)N(N)C(=O)C(CSc2ccc(F)cc2)S(C)(=O)=O)C1. The summed E-state index contributed by atoms with van der Waals surface area (Å²) in [6.07, 6.45) is 1.91. The van der Waals surface area contributed by atoms with E-state index >= 15 is 0 Å². The molecule has 44 heavy (non-hydrogen) atoms. The minimum atomic E-state index is -3.91. The summed E-state index contributed by atoms with van der Waals surface area (Å²) in [5.41, 5.74) is 0.373. The predicted molar refractivity (Wildman–Crippen MR) is 171 cm³/mol. The third kappa shape index (κ3) is 10.5. The maximum atomic E-state index is 13.8. The van der Waals surface area contributed by atoms with Crippen molar-refractivity contribution in [1.82, 2.24) is 10.3 Å². The van der Waals surface area contributed by atoms with Gasteiger partial charge in [-0.25, -0.2) is 18.7 Å². The molecular weight excluding hydrogens is 605 g/mol. The molecule has 12 heteroatoms. The van der Waals surface area contributed by atoms with Gasteiger partial charge in [0.05, 0.1) is 18.2 Å². The van der Waals surface area contributed by atoms with E-state index in [2.05, 4.69) is 5.32 Å². The van der Waals surface area contributed by atoms with Gasteiger partial charge in [0.2, 0.25) is 5.91 Å². The Kier molecular flexibility index (Phi) is 12.8. The van der Waals surface area contributed by atoms with Crippen LogP contribution < -0.4 is 11.2 Å². The van der Waals surface area contributed by atoms with Crippen molar-refractivity contribution < 1.29 is 32.2 Å². The normalized spacial score (nSPS) is 21.2. The zero-order chi connectivity index (χ0) is 32.7. The van der Waals surface area contributed by atoms with Crippen molar-refractivity contribution in [2.75, 3.05) is 19.1 Å². The van der Waals surface area contributed by atoms with Gasteiger partial charge in [-0.1, -0.05) is 30.3 Å². The number of ether oxygens (including phenoxy) is 1. The van der Waals surface area contributed by atoms with Crippen LogP contribution in [0.1, 0.15) is 52.0 Å². The molecule has 9 nitrogen and oxygen atoms in total. The zero-order valence-electron chi connectivity index (χ0n) is 26.1. The van der Waals surface area contributed by atoms with Gasteiger partial charge in [-0.3, -0.25) is 14.6 Å². The third-order valence-corrected chi connectivity index (χ3v) is 10.7. The van der Waals surface area contributed by atoms with Gasteiger partial charge < -0.3 is 15.2 Å². The average Bonchev–Trinajstić information content (AvgIpc) is 2.95. The summed E-state index contributed by atoms with van der Waals surface area (Å²) in [5, 5.41) is 14.1. The molecule has 2 aromatic rings. The lowest BCUT2D eigenvalue weighted by Crippen LogP contribution is -2.57. The van der Waals surface area contributed by atoms with Crippen molar-refractivity contribution in [3.8, 4) is 0 Å². The van der Waals surface area contributed by atoms with Gasteiger partial charge in [0.25, 0.3) is 5.91 Å². The number of benzene rings is 2. The predicted octanol–water partition coefficient (Wildman–Crippen LogP) is 3.74. The molecule has 2 amide bonds. The van der Waals surface area contributed by atoms with Gasteiger partial charge in [0.1, 0.15) is 5.82 Å². The molecule has 0 radical (unpaired) electrons. The van der Waals surface area contributed by atoms with Gasteiger partial charge in [0, 0.05) is 35.5 Å². The molecule has 0 spiro atoms. The second-order valence-corrected chi connectivity index (χ2v) is 16.0. The molecule has 4 N–H and O–H groups in total. The smallest absolute Gasteiger partial charge is 0.256 e. The molecule has 0 heterocycles. The molecule has 244 valence electrons. The number of carbonyl (C=O) groups is 2. The quantitative estimate of drug-likeness (QED) is 0.129. The highest BCUT2D eigenvalue weighted by Crippen LogP contribution is 2.36. The van der Waals surface area contributed by atoms with E-state index in [1.807, 2.05) is 51.1 Å². The first-order valence-corrected chi connectivity index (χ1v) is 17.7. The largest absolute Gasteiger partial charge is 0.391 e. The molecule has 0 aliphatic heterocycles. The molecule has 6 unspecified atom stereocenters. The highest BCUT2D eigenvalue weighted by molar-refractivity contribution is 8.01. The van der Waals surface area contributed by atoms with E-state index in [1.54, 1.807) is 7.11 Å². The average molecular weight is 652 g/mol. The first-order chi connectivity index (χ1) is 20.6. The highest BCUT2D eigenvalue weighted by Gasteiger charge is 2.41. The van der Waals surface area contributed by atoms with Crippen molar-refractivity contribution in [2.45, 2.75) is 86.8 Å². The van der Waals surface area contributed by atoms with Crippen LogP contribution in [0.3, 0.4) is 0 Å². The van der Waals surface area contributed by atoms with Crippen LogP contribution in [0.15, 0.2) is 59.5 Å². The molecule has 1 fully saturated rings. The summed E-state index contributed by atoms with van der Waals surface area (Å²) >= 11 is 1.10. The molecule has 3 rings (SSSR count). The Bertz CT molecular complexity index is 1340. The summed E-state index contributed by atoms with van der Waals surface area (Å²) in [6.45, 7) is 5.74. The number of nitrogens with one attached hydrogen (secondary N) is 1. The number of carbonyl (C=O) groups excluding carboxylic acids is 2. The lowest BCUT2D eigenvalue weighted by atomic mass is 9.73. The molecule has 0 aromatic heterocycles.